The summed E-state index contributed by atoms with van der Waals surface area (Å²) in [5, 5.41) is 7.23. The van der Waals surface area contributed by atoms with Gasteiger partial charge in [0.2, 0.25) is 0 Å². The Morgan fingerprint density at radius 2 is 2.17 bits per heavy atom. The highest BCUT2D eigenvalue weighted by atomic mass is 32.1. The molecule has 128 valence electrons. The number of morpholine rings is 1. The zero-order chi connectivity index (χ0) is 16.5. The Kier molecular flexibility index (Phi) is 4.24. The molecule has 0 N–H and O–H groups in total. The van der Waals surface area contributed by atoms with Crippen LogP contribution in [0.4, 0.5) is 5.13 Å². The van der Waals surface area contributed by atoms with Crippen molar-refractivity contribution in [1.29, 1.82) is 0 Å². The first kappa shape index (κ1) is 15.6. The maximum atomic E-state index is 12.9. The number of aryl methyl sites for hydroxylation is 1. The van der Waals surface area contributed by atoms with Gasteiger partial charge in [0.25, 0.3) is 5.91 Å². The molecule has 1 amide bonds. The summed E-state index contributed by atoms with van der Waals surface area (Å²) in [6, 6.07) is 1.62. The number of carbonyl (C=O) groups is 1. The fourth-order valence-electron chi connectivity index (χ4n) is 3.31. The van der Waals surface area contributed by atoms with Gasteiger partial charge in [0, 0.05) is 38.3 Å². The topological polar surface area (TPSA) is 63.5 Å². The number of hydrogen-bond donors (Lipinski definition) is 0. The van der Waals surface area contributed by atoms with Crippen LogP contribution < -0.4 is 4.90 Å². The van der Waals surface area contributed by atoms with Crippen LogP contribution in [0.5, 0.6) is 0 Å². The molecule has 0 saturated carbocycles. The van der Waals surface area contributed by atoms with Gasteiger partial charge < -0.3 is 14.5 Å². The number of nitrogens with zero attached hydrogens (tertiary/aromatic N) is 5. The van der Waals surface area contributed by atoms with Crippen LogP contribution in [0.25, 0.3) is 0 Å². The largest absolute Gasteiger partial charge is 0.377 e. The van der Waals surface area contributed by atoms with Crippen LogP contribution in [-0.2, 0) is 11.8 Å². The first-order chi connectivity index (χ1) is 11.7. The van der Waals surface area contributed by atoms with Crippen LogP contribution in [0.1, 0.15) is 35.1 Å². The van der Waals surface area contributed by atoms with Crippen molar-refractivity contribution >= 4 is 22.4 Å². The zero-order valence-corrected chi connectivity index (χ0v) is 14.5. The maximum absolute atomic E-state index is 12.9. The predicted molar refractivity (Wildman–Crippen MR) is 91.4 cm³/mol. The molecule has 0 spiro atoms. The number of thiazole rings is 1. The molecule has 0 aliphatic carbocycles. The lowest BCUT2D eigenvalue weighted by molar-refractivity contribution is -0.00428. The van der Waals surface area contributed by atoms with Crippen molar-refractivity contribution in [3.63, 3.8) is 0 Å². The highest BCUT2D eigenvalue weighted by Crippen LogP contribution is 2.31. The fourth-order valence-corrected chi connectivity index (χ4v) is 4.23. The van der Waals surface area contributed by atoms with Crippen molar-refractivity contribution in [1.82, 2.24) is 19.7 Å². The van der Waals surface area contributed by atoms with Gasteiger partial charge in [-0.1, -0.05) is 0 Å². The monoisotopic (exact) mass is 347 g/mol. The summed E-state index contributed by atoms with van der Waals surface area (Å²) in [6.45, 7) is 3.78. The molecular weight excluding hydrogens is 326 g/mol. The van der Waals surface area contributed by atoms with Crippen LogP contribution in [0.2, 0.25) is 0 Å². The molecule has 7 nitrogen and oxygen atoms in total. The van der Waals surface area contributed by atoms with Crippen LogP contribution in [0.3, 0.4) is 0 Å². The molecule has 4 rings (SSSR count). The van der Waals surface area contributed by atoms with Crippen molar-refractivity contribution in [3.05, 3.63) is 29.0 Å². The smallest absolute Gasteiger partial charge is 0.272 e. The number of carbonyl (C=O) groups excluding carboxylic acids is 1. The standard InChI is InChI=1S/C16H21N5O2S/c1-19-13(4-5-17-19)15(22)21-8-9-23-10-14(21)12-11-24-16(18-12)20-6-2-3-7-20/h4-5,11,14H,2-3,6-10H2,1H3/t14-/m1/s1. The van der Waals surface area contributed by atoms with Gasteiger partial charge in [-0.25, -0.2) is 4.98 Å². The minimum absolute atomic E-state index is 0.0148. The molecule has 24 heavy (non-hydrogen) atoms. The Labute approximate surface area is 144 Å². The Balaban J connectivity index is 1.58. The first-order valence-corrected chi connectivity index (χ1v) is 9.19. The van der Waals surface area contributed by atoms with Crippen molar-refractivity contribution in [2.75, 3.05) is 37.7 Å². The van der Waals surface area contributed by atoms with Crippen LogP contribution >= 0.6 is 11.3 Å². The summed E-state index contributed by atoms with van der Waals surface area (Å²) in [7, 11) is 1.79. The molecule has 0 radical (unpaired) electrons. The second kappa shape index (κ2) is 6.52. The van der Waals surface area contributed by atoms with Gasteiger partial charge in [0.15, 0.2) is 5.13 Å². The molecule has 0 unspecified atom stereocenters. The molecule has 8 heteroatoms. The number of hydrogen-bond acceptors (Lipinski definition) is 6. The summed E-state index contributed by atoms with van der Waals surface area (Å²) in [4.78, 5) is 21.9. The lowest BCUT2D eigenvalue weighted by Gasteiger charge is -2.34. The van der Waals surface area contributed by atoms with E-state index in [0.717, 1.165) is 23.9 Å². The molecule has 0 bridgehead atoms. The Morgan fingerprint density at radius 3 is 2.92 bits per heavy atom. The number of anilines is 1. The molecule has 0 aromatic carbocycles. The molecule has 4 heterocycles. The SMILES string of the molecule is Cn1nccc1C(=O)N1CCOC[C@@H]1c1csc(N2CCCC2)n1. The van der Waals surface area contributed by atoms with E-state index >= 15 is 0 Å². The van der Waals surface area contributed by atoms with E-state index in [2.05, 4.69) is 15.4 Å². The summed E-state index contributed by atoms with van der Waals surface area (Å²) >= 11 is 1.66. The Bertz CT molecular complexity index is 722. The molecule has 2 aliphatic rings. The van der Waals surface area contributed by atoms with Crippen LogP contribution in [-0.4, -0.2) is 58.4 Å². The van der Waals surface area contributed by atoms with Crippen molar-refractivity contribution in [3.8, 4) is 0 Å². The van der Waals surface area contributed by atoms with Crippen molar-refractivity contribution in [2.45, 2.75) is 18.9 Å². The van der Waals surface area contributed by atoms with Gasteiger partial charge in [-0.15, -0.1) is 11.3 Å². The van der Waals surface area contributed by atoms with Gasteiger partial charge in [-0.2, -0.15) is 5.10 Å². The van der Waals surface area contributed by atoms with E-state index < -0.39 is 0 Å². The lowest BCUT2D eigenvalue weighted by Crippen LogP contribution is -2.44. The summed E-state index contributed by atoms with van der Waals surface area (Å²) < 4.78 is 7.25. The van der Waals surface area contributed by atoms with E-state index in [1.54, 1.807) is 35.3 Å². The van der Waals surface area contributed by atoms with Gasteiger partial charge in [0.05, 0.1) is 24.9 Å². The highest BCUT2D eigenvalue weighted by Gasteiger charge is 2.32. The van der Waals surface area contributed by atoms with E-state index in [1.807, 2.05) is 4.90 Å². The summed E-state index contributed by atoms with van der Waals surface area (Å²) in [5.74, 6) is -0.0148. The summed E-state index contributed by atoms with van der Waals surface area (Å²) in [6.07, 6.45) is 4.11. The Morgan fingerprint density at radius 1 is 1.33 bits per heavy atom. The van der Waals surface area contributed by atoms with E-state index in [4.69, 9.17) is 9.72 Å². The fraction of sp³-hybridized carbons (Fsp3) is 0.562. The normalized spacial score (nSPS) is 21.5. The van der Waals surface area contributed by atoms with E-state index in [1.165, 1.54) is 12.8 Å². The summed E-state index contributed by atoms with van der Waals surface area (Å²) in [5.41, 5.74) is 1.52. The van der Waals surface area contributed by atoms with Crippen molar-refractivity contribution in [2.24, 2.45) is 7.05 Å². The number of aromatic nitrogens is 3. The van der Waals surface area contributed by atoms with Crippen LogP contribution in [0.15, 0.2) is 17.6 Å². The highest BCUT2D eigenvalue weighted by molar-refractivity contribution is 7.13. The maximum Gasteiger partial charge on any atom is 0.272 e. The number of ether oxygens (including phenoxy) is 1. The van der Waals surface area contributed by atoms with Gasteiger partial charge >= 0.3 is 0 Å². The quantitative estimate of drug-likeness (QED) is 0.845. The van der Waals surface area contributed by atoms with E-state index in [9.17, 15) is 4.79 Å². The average molecular weight is 347 g/mol. The second-order valence-electron chi connectivity index (χ2n) is 6.18. The van der Waals surface area contributed by atoms with E-state index in [-0.39, 0.29) is 11.9 Å². The number of amides is 1. The van der Waals surface area contributed by atoms with Crippen molar-refractivity contribution < 1.29 is 9.53 Å². The molecular formula is C16H21N5O2S. The van der Waals surface area contributed by atoms with Gasteiger partial charge in [0.1, 0.15) is 5.69 Å². The molecule has 2 saturated heterocycles. The molecule has 2 fully saturated rings. The predicted octanol–water partition coefficient (Wildman–Crippen LogP) is 1.69. The second-order valence-corrected chi connectivity index (χ2v) is 7.01. The van der Waals surface area contributed by atoms with Gasteiger partial charge in [-0.3, -0.25) is 9.48 Å². The minimum atomic E-state index is -0.131. The first-order valence-electron chi connectivity index (χ1n) is 8.31. The third-order valence-electron chi connectivity index (χ3n) is 4.66. The molecule has 2 aromatic heterocycles. The zero-order valence-electron chi connectivity index (χ0n) is 13.7. The Hall–Kier alpha value is -1.93. The van der Waals surface area contributed by atoms with Gasteiger partial charge in [-0.05, 0) is 18.9 Å². The van der Waals surface area contributed by atoms with E-state index in [0.29, 0.717) is 25.5 Å². The number of rotatable bonds is 3. The lowest BCUT2D eigenvalue weighted by atomic mass is 10.1. The molecule has 2 aromatic rings. The average Bonchev–Trinajstić information content (AvgIpc) is 3.35. The molecule has 2 aliphatic heterocycles. The third kappa shape index (κ3) is 2.80. The molecule has 1 atom stereocenters. The van der Waals surface area contributed by atoms with Crippen LogP contribution in [0, 0.1) is 0 Å². The third-order valence-corrected chi connectivity index (χ3v) is 5.58. The minimum Gasteiger partial charge on any atom is -0.377 e.